The molecular weight excluding hydrogens is 342 g/mol. The van der Waals surface area contributed by atoms with E-state index in [9.17, 15) is 4.79 Å². The van der Waals surface area contributed by atoms with Crippen LogP contribution in [0.15, 0.2) is 34.9 Å². The van der Waals surface area contributed by atoms with E-state index in [0.717, 1.165) is 30.0 Å². The van der Waals surface area contributed by atoms with Gasteiger partial charge in [0.15, 0.2) is 0 Å². The molecule has 0 radical (unpaired) electrons. The van der Waals surface area contributed by atoms with E-state index < -0.39 is 0 Å². The summed E-state index contributed by atoms with van der Waals surface area (Å²) in [5.74, 6) is 1.24. The van der Waals surface area contributed by atoms with Gasteiger partial charge < -0.3 is 14.2 Å². The molecule has 140 valence electrons. The van der Waals surface area contributed by atoms with Gasteiger partial charge in [-0.2, -0.15) is 0 Å². The predicted octanol–water partition coefficient (Wildman–Crippen LogP) is 4.29. The lowest BCUT2D eigenvalue weighted by atomic mass is 10.0. The number of carbonyl (C=O) groups excluding carboxylic acids is 1. The van der Waals surface area contributed by atoms with Gasteiger partial charge >= 0.3 is 0 Å². The second-order valence-corrected chi connectivity index (χ2v) is 7.21. The highest BCUT2D eigenvalue weighted by atomic mass is 16.5. The first kappa shape index (κ1) is 17.5. The van der Waals surface area contributed by atoms with Gasteiger partial charge in [-0.1, -0.05) is 5.16 Å². The Hall–Kier alpha value is -2.89. The third kappa shape index (κ3) is 3.16. The number of fused-ring (bicyclic) bond motifs is 1. The molecule has 2 aromatic heterocycles. The number of amides is 1. The van der Waals surface area contributed by atoms with Gasteiger partial charge in [-0.05, 0) is 69.9 Å². The lowest BCUT2D eigenvalue weighted by Crippen LogP contribution is -2.40. The Morgan fingerprint density at radius 1 is 1.26 bits per heavy atom. The zero-order chi connectivity index (χ0) is 19.1. The average molecular weight is 365 g/mol. The molecule has 0 bridgehead atoms. The first-order chi connectivity index (χ1) is 13.0. The van der Waals surface area contributed by atoms with E-state index in [1.54, 1.807) is 7.11 Å². The largest absolute Gasteiger partial charge is 0.497 e. The lowest BCUT2D eigenvalue weighted by molar-refractivity contribution is 0.0977. The summed E-state index contributed by atoms with van der Waals surface area (Å²) < 4.78 is 10.6. The number of aromatic nitrogens is 2. The van der Waals surface area contributed by atoms with E-state index in [1.165, 1.54) is 0 Å². The molecule has 1 atom stereocenters. The minimum atomic E-state index is -0.0543. The summed E-state index contributed by atoms with van der Waals surface area (Å²) in [6, 6.07) is 9.56. The molecule has 4 rings (SSSR count). The number of hydrogen-bond acceptors (Lipinski definition) is 5. The van der Waals surface area contributed by atoms with Gasteiger partial charge in [0.25, 0.3) is 11.6 Å². The van der Waals surface area contributed by atoms with Crippen molar-refractivity contribution in [3.8, 4) is 5.75 Å². The van der Waals surface area contributed by atoms with Crippen molar-refractivity contribution in [1.82, 2.24) is 10.1 Å². The van der Waals surface area contributed by atoms with Crippen LogP contribution in [0.2, 0.25) is 0 Å². The van der Waals surface area contributed by atoms with Crippen molar-refractivity contribution in [3.05, 3.63) is 47.3 Å². The number of benzene rings is 1. The maximum absolute atomic E-state index is 13.7. The van der Waals surface area contributed by atoms with Gasteiger partial charge in [0.05, 0.1) is 23.8 Å². The fourth-order valence-electron chi connectivity index (χ4n) is 3.59. The Balaban J connectivity index is 1.82. The predicted molar refractivity (Wildman–Crippen MR) is 103 cm³/mol. The molecule has 6 heteroatoms. The third-order valence-electron chi connectivity index (χ3n) is 5.26. The van der Waals surface area contributed by atoms with Crippen molar-refractivity contribution in [1.29, 1.82) is 0 Å². The zero-order valence-corrected chi connectivity index (χ0v) is 16.0. The Kier molecular flexibility index (Phi) is 4.34. The number of methoxy groups -OCH3 is 1. The molecule has 6 nitrogen and oxygen atoms in total. The number of rotatable bonds is 5. The van der Waals surface area contributed by atoms with Crippen molar-refractivity contribution in [2.24, 2.45) is 5.92 Å². The van der Waals surface area contributed by atoms with E-state index >= 15 is 0 Å². The molecule has 2 heterocycles. The van der Waals surface area contributed by atoms with Gasteiger partial charge in [-0.3, -0.25) is 4.79 Å². The van der Waals surface area contributed by atoms with Gasteiger partial charge in [-0.25, -0.2) is 4.98 Å². The number of aryl methyl sites for hydroxylation is 2. The van der Waals surface area contributed by atoms with Gasteiger partial charge in [0.2, 0.25) is 0 Å². The molecule has 0 saturated heterocycles. The second kappa shape index (κ2) is 6.68. The smallest absolute Gasteiger partial charge is 0.259 e. The summed E-state index contributed by atoms with van der Waals surface area (Å²) in [4.78, 5) is 19.9. The molecule has 1 amide bonds. The van der Waals surface area contributed by atoms with E-state index in [2.05, 4.69) is 17.1 Å². The summed E-state index contributed by atoms with van der Waals surface area (Å²) in [6.45, 7) is 5.81. The number of ether oxygens (including phenoxy) is 1. The van der Waals surface area contributed by atoms with Gasteiger partial charge in [0, 0.05) is 17.4 Å². The summed E-state index contributed by atoms with van der Waals surface area (Å²) >= 11 is 0. The number of pyridine rings is 1. The van der Waals surface area contributed by atoms with Crippen LogP contribution < -0.4 is 9.64 Å². The minimum Gasteiger partial charge on any atom is -0.497 e. The van der Waals surface area contributed by atoms with E-state index in [1.807, 2.05) is 49.1 Å². The van der Waals surface area contributed by atoms with Crippen molar-refractivity contribution in [2.75, 3.05) is 12.0 Å². The highest BCUT2D eigenvalue weighted by molar-refractivity contribution is 6.13. The molecule has 1 aromatic carbocycles. The Labute approximate surface area is 158 Å². The van der Waals surface area contributed by atoms with Crippen LogP contribution in [0.3, 0.4) is 0 Å². The number of anilines is 1. The maximum Gasteiger partial charge on any atom is 0.259 e. The minimum absolute atomic E-state index is 0.0543. The molecule has 1 aliphatic rings. The molecule has 27 heavy (non-hydrogen) atoms. The third-order valence-corrected chi connectivity index (χ3v) is 5.26. The van der Waals surface area contributed by atoms with Crippen LogP contribution in [-0.2, 0) is 0 Å². The summed E-state index contributed by atoms with van der Waals surface area (Å²) in [6.07, 6.45) is 2.30. The number of hydrogen-bond donors (Lipinski definition) is 0. The van der Waals surface area contributed by atoms with Crippen molar-refractivity contribution < 1.29 is 14.1 Å². The topological polar surface area (TPSA) is 68.5 Å². The molecule has 1 saturated carbocycles. The molecule has 0 unspecified atom stereocenters. The SMILES string of the molecule is COc1ccc(N(C(=O)c2cc(C)nc3onc(C)c23)[C@H](C)C2CC2)cc1. The summed E-state index contributed by atoms with van der Waals surface area (Å²) in [5, 5.41) is 4.69. The molecule has 1 fully saturated rings. The number of carbonyl (C=O) groups is 1. The normalized spacial score (nSPS) is 15.0. The average Bonchev–Trinajstić information content (AvgIpc) is 3.45. The Morgan fingerprint density at radius 3 is 2.59 bits per heavy atom. The maximum atomic E-state index is 13.7. The second-order valence-electron chi connectivity index (χ2n) is 7.21. The van der Waals surface area contributed by atoms with Crippen LogP contribution in [0.5, 0.6) is 5.75 Å². The van der Waals surface area contributed by atoms with Crippen molar-refractivity contribution in [2.45, 2.75) is 39.7 Å². The quantitative estimate of drug-likeness (QED) is 0.674. The monoisotopic (exact) mass is 365 g/mol. The van der Waals surface area contributed by atoms with Crippen molar-refractivity contribution in [3.63, 3.8) is 0 Å². The summed E-state index contributed by atoms with van der Waals surface area (Å²) in [7, 11) is 1.63. The molecular formula is C21H23N3O3. The van der Waals surface area contributed by atoms with Gasteiger partial charge in [-0.15, -0.1) is 0 Å². The first-order valence-electron chi connectivity index (χ1n) is 9.21. The fourth-order valence-corrected chi connectivity index (χ4v) is 3.59. The van der Waals surface area contributed by atoms with Crippen LogP contribution in [0.25, 0.3) is 11.1 Å². The highest BCUT2D eigenvalue weighted by Gasteiger charge is 2.36. The van der Waals surface area contributed by atoms with Crippen LogP contribution in [0.4, 0.5) is 5.69 Å². The lowest BCUT2D eigenvalue weighted by Gasteiger charge is -2.30. The van der Waals surface area contributed by atoms with E-state index in [-0.39, 0.29) is 11.9 Å². The molecule has 0 N–H and O–H groups in total. The molecule has 3 aromatic rings. The Morgan fingerprint density at radius 2 is 1.96 bits per heavy atom. The summed E-state index contributed by atoms with van der Waals surface area (Å²) in [5.41, 5.74) is 3.26. The highest BCUT2D eigenvalue weighted by Crippen LogP contribution is 2.38. The van der Waals surface area contributed by atoms with Crippen LogP contribution in [0.1, 0.15) is 41.5 Å². The molecule has 0 aliphatic heterocycles. The van der Waals surface area contributed by atoms with E-state index in [4.69, 9.17) is 9.26 Å². The van der Waals surface area contributed by atoms with Crippen LogP contribution in [0, 0.1) is 19.8 Å². The molecule has 1 aliphatic carbocycles. The Bertz CT molecular complexity index is 990. The fraction of sp³-hybridized carbons (Fsp3) is 0.381. The van der Waals surface area contributed by atoms with Gasteiger partial charge in [0.1, 0.15) is 5.75 Å². The number of nitrogens with zero attached hydrogens (tertiary/aromatic N) is 3. The van der Waals surface area contributed by atoms with E-state index in [0.29, 0.717) is 28.3 Å². The molecule has 0 spiro atoms. The van der Waals surface area contributed by atoms with Crippen molar-refractivity contribution >= 4 is 22.7 Å². The first-order valence-corrected chi connectivity index (χ1v) is 9.21. The van der Waals surface area contributed by atoms with Crippen LogP contribution in [-0.4, -0.2) is 29.2 Å². The zero-order valence-electron chi connectivity index (χ0n) is 16.0. The standard InChI is InChI=1S/C21H23N3O3/c1-12-11-18(19-13(2)23-27-20(19)22-12)21(25)24(14(3)15-5-6-15)16-7-9-17(26-4)10-8-16/h7-11,14-15H,5-6H2,1-4H3/t14-/m1/s1. The van der Waals surface area contributed by atoms with Crippen LogP contribution >= 0.6 is 0 Å².